The molecule has 0 spiro atoms. The Kier molecular flexibility index (Phi) is 4.11. The molecule has 0 atom stereocenters. The van der Waals surface area contributed by atoms with Gasteiger partial charge in [0.05, 0.1) is 0 Å². The molecule has 0 amide bonds. The highest BCUT2D eigenvalue weighted by atomic mass is 15.1. The average Bonchev–Trinajstić information content (AvgIpc) is 2.19. The minimum atomic E-state index is 0.212. The molecule has 0 saturated heterocycles. The van der Waals surface area contributed by atoms with Crippen molar-refractivity contribution in [2.45, 2.75) is 39.7 Å². The quantitative estimate of drug-likeness (QED) is 0.793. The predicted molar refractivity (Wildman–Crippen MR) is 70.4 cm³/mol. The zero-order chi connectivity index (χ0) is 12.3. The van der Waals surface area contributed by atoms with Crippen LogP contribution in [0.5, 0.6) is 0 Å². The third-order valence-corrected chi connectivity index (χ3v) is 2.97. The summed E-state index contributed by atoms with van der Waals surface area (Å²) >= 11 is 0. The first-order chi connectivity index (χ1) is 7.34. The second-order valence-electron chi connectivity index (χ2n) is 5.59. The lowest BCUT2D eigenvalue weighted by Crippen LogP contribution is -2.25. The van der Waals surface area contributed by atoms with E-state index in [1.807, 2.05) is 7.05 Å². The number of aryl methyl sites for hydroxylation is 1. The molecule has 0 radical (unpaired) electrons. The number of hydrogen-bond donors (Lipinski definition) is 1. The van der Waals surface area contributed by atoms with Crippen LogP contribution in [0, 0.1) is 6.92 Å². The van der Waals surface area contributed by atoms with E-state index in [1.54, 1.807) is 0 Å². The SMILES string of the molecule is Cc1ccc(C(C)(C)C)cc1CN(C)CN. The predicted octanol–water partition coefficient (Wildman–Crippen LogP) is 2.64. The van der Waals surface area contributed by atoms with Crippen LogP contribution in [0.15, 0.2) is 18.2 Å². The highest BCUT2D eigenvalue weighted by Gasteiger charge is 2.14. The van der Waals surface area contributed by atoms with Crippen molar-refractivity contribution in [1.82, 2.24) is 4.90 Å². The first-order valence-corrected chi connectivity index (χ1v) is 5.83. The summed E-state index contributed by atoms with van der Waals surface area (Å²) in [5, 5.41) is 0. The van der Waals surface area contributed by atoms with Crippen LogP contribution >= 0.6 is 0 Å². The largest absolute Gasteiger partial charge is 0.318 e. The van der Waals surface area contributed by atoms with Crippen molar-refractivity contribution in [1.29, 1.82) is 0 Å². The molecule has 0 aliphatic rings. The Hall–Kier alpha value is -0.860. The number of hydrogen-bond acceptors (Lipinski definition) is 2. The van der Waals surface area contributed by atoms with E-state index in [-0.39, 0.29) is 5.41 Å². The Morgan fingerprint density at radius 3 is 2.38 bits per heavy atom. The van der Waals surface area contributed by atoms with Gasteiger partial charge in [-0.15, -0.1) is 0 Å². The van der Waals surface area contributed by atoms with E-state index >= 15 is 0 Å². The summed E-state index contributed by atoms with van der Waals surface area (Å²) in [7, 11) is 2.04. The fourth-order valence-electron chi connectivity index (χ4n) is 1.66. The maximum atomic E-state index is 5.62. The molecule has 90 valence electrons. The minimum Gasteiger partial charge on any atom is -0.318 e. The van der Waals surface area contributed by atoms with Gasteiger partial charge in [-0.05, 0) is 36.1 Å². The van der Waals surface area contributed by atoms with E-state index in [9.17, 15) is 0 Å². The van der Waals surface area contributed by atoms with Gasteiger partial charge in [0.25, 0.3) is 0 Å². The molecule has 0 aromatic heterocycles. The van der Waals surface area contributed by atoms with Gasteiger partial charge in [-0.1, -0.05) is 39.0 Å². The van der Waals surface area contributed by atoms with Gasteiger partial charge in [0.1, 0.15) is 0 Å². The molecule has 0 bridgehead atoms. The summed E-state index contributed by atoms with van der Waals surface area (Å²) in [6.07, 6.45) is 0. The van der Waals surface area contributed by atoms with Crippen LogP contribution in [0.1, 0.15) is 37.5 Å². The van der Waals surface area contributed by atoms with E-state index in [4.69, 9.17) is 5.73 Å². The van der Waals surface area contributed by atoms with Crippen molar-refractivity contribution in [3.63, 3.8) is 0 Å². The van der Waals surface area contributed by atoms with Crippen LogP contribution in [-0.2, 0) is 12.0 Å². The topological polar surface area (TPSA) is 29.3 Å². The fourth-order valence-corrected chi connectivity index (χ4v) is 1.66. The van der Waals surface area contributed by atoms with E-state index < -0.39 is 0 Å². The van der Waals surface area contributed by atoms with E-state index in [0.717, 1.165) is 6.54 Å². The standard InChI is InChI=1S/C14H24N2/c1-11-6-7-13(14(2,3)4)8-12(11)9-16(5)10-15/h6-8H,9-10,15H2,1-5H3. The Morgan fingerprint density at radius 2 is 1.88 bits per heavy atom. The van der Waals surface area contributed by atoms with Crippen molar-refractivity contribution in [3.05, 3.63) is 34.9 Å². The van der Waals surface area contributed by atoms with E-state index in [0.29, 0.717) is 6.67 Å². The molecule has 1 aromatic rings. The lowest BCUT2D eigenvalue weighted by Gasteiger charge is -2.22. The molecule has 0 saturated carbocycles. The molecule has 0 aliphatic heterocycles. The number of benzene rings is 1. The molecule has 2 N–H and O–H groups in total. The molecule has 0 aliphatic carbocycles. The molecule has 1 rings (SSSR count). The maximum absolute atomic E-state index is 5.62. The lowest BCUT2D eigenvalue weighted by atomic mass is 9.85. The van der Waals surface area contributed by atoms with Crippen LogP contribution in [0.25, 0.3) is 0 Å². The molecular formula is C14H24N2. The molecular weight excluding hydrogens is 196 g/mol. The van der Waals surface area contributed by atoms with Crippen molar-refractivity contribution in [3.8, 4) is 0 Å². The highest BCUT2D eigenvalue weighted by Crippen LogP contribution is 2.24. The number of rotatable bonds is 3. The summed E-state index contributed by atoms with van der Waals surface area (Å²) in [6, 6.07) is 6.74. The Labute approximate surface area is 99.5 Å². The second kappa shape index (κ2) is 4.98. The van der Waals surface area contributed by atoms with Crippen molar-refractivity contribution in [2.24, 2.45) is 5.73 Å². The molecule has 0 heterocycles. The van der Waals surface area contributed by atoms with Crippen LogP contribution in [-0.4, -0.2) is 18.6 Å². The minimum absolute atomic E-state index is 0.212. The normalized spacial score (nSPS) is 12.2. The Bertz CT molecular complexity index is 350. The monoisotopic (exact) mass is 220 g/mol. The van der Waals surface area contributed by atoms with Gasteiger partial charge in [-0.3, -0.25) is 4.90 Å². The molecule has 0 unspecified atom stereocenters. The van der Waals surface area contributed by atoms with Gasteiger partial charge in [0.2, 0.25) is 0 Å². The number of nitrogens with two attached hydrogens (primary N) is 1. The zero-order valence-corrected chi connectivity index (χ0v) is 11.2. The average molecular weight is 220 g/mol. The summed E-state index contributed by atoms with van der Waals surface area (Å²) in [5.74, 6) is 0. The van der Waals surface area contributed by atoms with Crippen LogP contribution < -0.4 is 5.73 Å². The second-order valence-corrected chi connectivity index (χ2v) is 5.59. The fraction of sp³-hybridized carbons (Fsp3) is 0.571. The van der Waals surface area contributed by atoms with E-state index in [1.165, 1.54) is 16.7 Å². The molecule has 2 heteroatoms. The molecule has 16 heavy (non-hydrogen) atoms. The summed E-state index contributed by atoms with van der Waals surface area (Å²) in [6.45, 7) is 10.4. The molecule has 2 nitrogen and oxygen atoms in total. The maximum Gasteiger partial charge on any atom is 0.0455 e. The van der Waals surface area contributed by atoms with Gasteiger partial charge in [0, 0.05) is 13.2 Å². The van der Waals surface area contributed by atoms with Gasteiger partial charge in [-0.25, -0.2) is 0 Å². The summed E-state index contributed by atoms with van der Waals surface area (Å²) < 4.78 is 0. The Morgan fingerprint density at radius 1 is 1.25 bits per heavy atom. The number of nitrogens with zero attached hydrogens (tertiary/aromatic N) is 1. The van der Waals surface area contributed by atoms with Gasteiger partial charge >= 0.3 is 0 Å². The lowest BCUT2D eigenvalue weighted by molar-refractivity contribution is 0.336. The first kappa shape index (κ1) is 13.2. The summed E-state index contributed by atoms with van der Waals surface area (Å²) in [4.78, 5) is 2.12. The third-order valence-electron chi connectivity index (χ3n) is 2.97. The molecule has 0 fully saturated rings. The van der Waals surface area contributed by atoms with Crippen molar-refractivity contribution < 1.29 is 0 Å². The van der Waals surface area contributed by atoms with Gasteiger partial charge in [-0.2, -0.15) is 0 Å². The first-order valence-electron chi connectivity index (χ1n) is 5.83. The van der Waals surface area contributed by atoms with E-state index in [2.05, 4.69) is 50.8 Å². The molecule has 1 aromatic carbocycles. The third kappa shape index (κ3) is 3.32. The smallest absolute Gasteiger partial charge is 0.0455 e. The Balaban J connectivity index is 3.00. The summed E-state index contributed by atoms with van der Waals surface area (Å²) in [5.41, 5.74) is 9.94. The highest BCUT2D eigenvalue weighted by molar-refractivity contribution is 5.34. The van der Waals surface area contributed by atoms with Crippen molar-refractivity contribution in [2.75, 3.05) is 13.7 Å². The van der Waals surface area contributed by atoms with Crippen LogP contribution in [0.4, 0.5) is 0 Å². The van der Waals surface area contributed by atoms with Gasteiger partial charge < -0.3 is 5.73 Å². The zero-order valence-electron chi connectivity index (χ0n) is 11.2. The van der Waals surface area contributed by atoms with Crippen molar-refractivity contribution >= 4 is 0 Å². The van der Waals surface area contributed by atoms with Gasteiger partial charge in [0.15, 0.2) is 0 Å². The van der Waals surface area contributed by atoms with Crippen LogP contribution in [0.2, 0.25) is 0 Å². The van der Waals surface area contributed by atoms with Crippen LogP contribution in [0.3, 0.4) is 0 Å².